The van der Waals surface area contributed by atoms with Crippen LogP contribution in [0.1, 0.15) is 33.5 Å². The topological polar surface area (TPSA) is 117 Å². The summed E-state index contributed by atoms with van der Waals surface area (Å²) in [4.78, 5) is 26.0. The number of anilines is 1. The number of nitrogens with one attached hydrogen (secondary N) is 1. The SMILES string of the molecule is CCOC(=O)c1nn(-c2ccccc2)c(C(=O)Nc2ccc(I)cc2)c1CCOS(C)(=O)=O. The van der Waals surface area contributed by atoms with Crippen LogP contribution in [0.15, 0.2) is 54.6 Å². The third-order valence-corrected chi connectivity index (χ3v) is 5.73. The van der Waals surface area contributed by atoms with Crippen molar-refractivity contribution in [3.8, 4) is 5.69 Å². The number of hydrogen-bond acceptors (Lipinski definition) is 7. The molecule has 0 fully saturated rings. The summed E-state index contributed by atoms with van der Waals surface area (Å²) in [5.74, 6) is -1.23. The van der Waals surface area contributed by atoms with Crippen LogP contribution in [0.2, 0.25) is 0 Å². The molecule has 2 aromatic carbocycles. The predicted octanol–water partition coefficient (Wildman–Crippen LogP) is 3.42. The van der Waals surface area contributed by atoms with E-state index in [1.165, 1.54) is 4.68 Å². The standard InChI is InChI=1S/C22H22IN3O6S/c1-3-31-22(28)19-18(13-14-32-33(2,29)30)20(26(25-19)17-7-5-4-6-8-17)21(27)24-16-11-9-15(23)10-12-16/h4-12H,3,13-14H2,1-2H3,(H,24,27). The summed E-state index contributed by atoms with van der Waals surface area (Å²) in [5.41, 5.74) is 1.33. The van der Waals surface area contributed by atoms with E-state index in [2.05, 4.69) is 33.0 Å². The summed E-state index contributed by atoms with van der Waals surface area (Å²) in [7, 11) is -3.71. The van der Waals surface area contributed by atoms with Crippen molar-refractivity contribution < 1.29 is 26.9 Å². The van der Waals surface area contributed by atoms with Gasteiger partial charge in [0.05, 0.1) is 25.2 Å². The van der Waals surface area contributed by atoms with E-state index >= 15 is 0 Å². The highest BCUT2D eigenvalue weighted by Crippen LogP contribution is 2.23. The number of hydrogen-bond donors (Lipinski definition) is 1. The first-order valence-electron chi connectivity index (χ1n) is 9.95. The van der Waals surface area contributed by atoms with E-state index in [-0.39, 0.29) is 36.6 Å². The maximum atomic E-state index is 13.4. The Bertz CT molecular complexity index is 1240. The first kappa shape index (κ1) is 24.9. The third-order valence-electron chi connectivity index (χ3n) is 4.42. The number of aromatic nitrogens is 2. The number of para-hydroxylation sites is 1. The average molecular weight is 583 g/mol. The lowest BCUT2D eigenvalue weighted by Crippen LogP contribution is -2.20. The van der Waals surface area contributed by atoms with Crippen molar-refractivity contribution >= 4 is 50.3 Å². The van der Waals surface area contributed by atoms with Gasteiger partial charge >= 0.3 is 5.97 Å². The fourth-order valence-corrected chi connectivity index (χ4v) is 3.80. The number of rotatable bonds is 9. The monoisotopic (exact) mass is 583 g/mol. The molecule has 11 heteroatoms. The van der Waals surface area contributed by atoms with Crippen LogP contribution in [-0.4, -0.2) is 49.5 Å². The van der Waals surface area contributed by atoms with Gasteiger partial charge in [-0.2, -0.15) is 13.5 Å². The van der Waals surface area contributed by atoms with Gasteiger partial charge in [-0.3, -0.25) is 8.98 Å². The van der Waals surface area contributed by atoms with Crippen LogP contribution >= 0.6 is 22.6 Å². The second kappa shape index (κ2) is 10.9. The van der Waals surface area contributed by atoms with Gasteiger partial charge in [0, 0.05) is 21.2 Å². The minimum absolute atomic E-state index is 0.0521. The smallest absolute Gasteiger partial charge is 0.359 e. The Kier molecular flexibility index (Phi) is 8.21. The number of ether oxygens (including phenoxy) is 1. The Morgan fingerprint density at radius 3 is 2.36 bits per heavy atom. The molecule has 0 atom stereocenters. The minimum atomic E-state index is -3.71. The average Bonchev–Trinajstić information content (AvgIpc) is 3.15. The zero-order valence-corrected chi connectivity index (χ0v) is 20.9. The Morgan fingerprint density at radius 2 is 1.76 bits per heavy atom. The van der Waals surface area contributed by atoms with Crippen molar-refractivity contribution in [2.24, 2.45) is 0 Å². The second-order valence-corrected chi connectivity index (χ2v) is 9.77. The quantitative estimate of drug-likeness (QED) is 0.233. The number of carbonyl (C=O) groups is 2. The first-order valence-corrected chi connectivity index (χ1v) is 12.8. The van der Waals surface area contributed by atoms with Crippen LogP contribution in [0.4, 0.5) is 5.69 Å². The fourth-order valence-electron chi connectivity index (χ4n) is 3.06. The van der Waals surface area contributed by atoms with E-state index in [1.807, 2.05) is 18.2 Å². The highest BCUT2D eigenvalue weighted by Gasteiger charge is 2.29. The molecule has 0 radical (unpaired) electrons. The van der Waals surface area contributed by atoms with Crippen LogP contribution < -0.4 is 5.32 Å². The van der Waals surface area contributed by atoms with E-state index in [4.69, 9.17) is 8.92 Å². The van der Waals surface area contributed by atoms with Crippen molar-refractivity contribution in [1.29, 1.82) is 0 Å². The van der Waals surface area contributed by atoms with Crippen LogP contribution in [0.3, 0.4) is 0 Å². The van der Waals surface area contributed by atoms with Crippen molar-refractivity contribution in [3.05, 3.63) is 75.1 Å². The van der Waals surface area contributed by atoms with E-state index in [9.17, 15) is 18.0 Å². The largest absolute Gasteiger partial charge is 0.461 e. The molecule has 0 aliphatic carbocycles. The summed E-state index contributed by atoms with van der Waals surface area (Å²) >= 11 is 2.16. The van der Waals surface area contributed by atoms with Gasteiger partial charge in [0.2, 0.25) is 0 Å². The maximum absolute atomic E-state index is 13.4. The fraction of sp³-hybridized carbons (Fsp3) is 0.227. The molecular formula is C22H22IN3O6S. The molecule has 1 aromatic heterocycles. The van der Waals surface area contributed by atoms with Crippen molar-refractivity contribution in [2.45, 2.75) is 13.3 Å². The Morgan fingerprint density at radius 1 is 1.09 bits per heavy atom. The van der Waals surface area contributed by atoms with Gasteiger partial charge in [-0.25, -0.2) is 9.48 Å². The molecule has 0 saturated carbocycles. The van der Waals surface area contributed by atoms with Gasteiger partial charge in [-0.15, -0.1) is 0 Å². The molecule has 1 heterocycles. The molecule has 1 N–H and O–H groups in total. The Labute approximate surface area is 205 Å². The van der Waals surface area contributed by atoms with E-state index < -0.39 is 22.0 Å². The van der Waals surface area contributed by atoms with Gasteiger partial charge < -0.3 is 10.1 Å². The predicted molar refractivity (Wildman–Crippen MR) is 131 cm³/mol. The molecule has 33 heavy (non-hydrogen) atoms. The molecule has 1 amide bonds. The zero-order chi connectivity index (χ0) is 24.0. The summed E-state index contributed by atoms with van der Waals surface area (Å²) in [5, 5.41) is 7.18. The number of benzene rings is 2. The molecule has 0 aliphatic heterocycles. The summed E-state index contributed by atoms with van der Waals surface area (Å²) in [6.45, 7) is 1.50. The van der Waals surface area contributed by atoms with Crippen LogP contribution in [0.5, 0.6) is 0 Å². The number of esters is 1. The molecule has 0 spiro atoms. The van der Waals surface area contributed by atoms with Crippen molar-refractivity contribution in [1.82, 2.24) is 9.78 Å². The van der Waals surface area contributed by atoms with Gasteiger partial charge in [-0.05, 0) is 65.9 Å². The molecule has 0 unspecified atom stereocenters. The minimum Gasteiger partial charge on any atom is -0.461 e. The van der Waals surface area contributed by atoms with Gasteiger partial charge in [0.1, 0.15) is 5.69 Å². The van der Waals surface area contributed by atoms with E-state index in [0.29, 0.717) is 11.4 Å². The lowest BCUT2D eigenvalue weighted by atomic mass is 10.1. The Hall–Kier alpha value is -2.77. The highest BCUT2D eigenvalue weighted by molar-refractivity contribution is 14.1. The van der Waals surface area contributed by atoms with Crippen LogP contribution in [0, 0.1) is 3.57 Å². The molecule has 174 valence electrons. The lowest BCUT2D eigenvalue weighted by Gasteiger charge is -2.11. The lowest BCUT2D eigenvalue weighted by molar-refractivity contribution is 0.0517. The Balaban J connectivity index is 2.11. The number of halogens is 1. The number of amides is 1. The molecule has 3 aromatic rings. The number of nitrogens with zero attached hydrogens (tertiary/aromatic N) is 2. The summed E-state index contributed by atoms with van der Waals surface area (Å²) < 4.78 is 35.2. The van der Waals surface area contributed by atoms with E-state index in [0.717, 1.165) is 9.83 Å². The molecule has 9 nitrogen and oxygen atoms in total. The van der Waals surface area contributed by atoms with E-state index in [1.54, 1.807) is 43.3 Å². The molecular weight excluding hydrogens is 561 g/mol. The summed E-state index contributed by atoms with van der Waals surface area (Å²) in [6.07, 6.45) is 0.876. The molecule has 0 aliphatic rings. The van der Waals surface area contributed by atoms with Crippen molar-refractivity contribution in [2.75, 3.05) is 24.8 Å². The second-order valence-electron chi connectivity index (χ2n) is 6.88. The van der Waals surface area contributed by atoms with Gasteiger partial charge in [0.15, 0.2) is 5.69 Å². The summed E-state index contributed by atoms with van der Waals surface area (Å²) in [6, 6.07) is 16.0. The molecule has 3 rings (SSSR count). The maximum Gasteiger partial charge on any atom is 0.359 e. The van der Waals surface area contributed by atoms with Crippen molar-refractivity contribution in [3.63, 3.8) is 0 Å². The first-order chi connectivity index (χ1) is 15.7. The highest BCUT2D eigenvalue weighted by atomic mass is 127. The zero-order valence-electron chi connectivity index (χ0n) is 17.9. The number of carbonyl (C=O) groups excluding carboxylic acids is 2. The third kappa shape index (κ3) is 6.62. The van der Waals surface area contributed by atoms with Crippen LogP contribution in [-0.2, 0) is 25.5 Å². The molecule has 0 saturated heterocycles. The van der Waals surface area contributed by atoms with Gasteiger partial charge in [0.25, 0.3) is 16.0 Å². The normalized spacial score (nSPS) is 11.2. The van der Waals surface area contributed by atoms with Gasteiger partial charge in [-0.1, -0.05) is 18.2 Å². The molecule has 0 bridgehead atoms. The van der Waals surface area contributed by atoms with Crippen LogP contribution in [0.25, 0.3) is 5.69 Å².